The van der Waals surface area contributed by atoms with Crippen molar-refractivity contribution < 1.29 is 9.59 Å². The number of benzene rings is 1. The Kier molecular flexibility index (Phi) is 6.02. The first-order chi connectivity index (χ1) is 10.6. The summed E-state index contributed by atoms with van der Waals surface area (Å²) in [5, 5.41) is 9.15. The lowest BCUT2D eigenvalue weighted by Gasteiger charge is -2.24. The molecule has 0 spiro atoms. The maximum absolute atomic E-state index is 12.4. The van der Waals surface area contributed by atoms with Crippen LogP contribution in [-0.2, 0) is 9.59 Å². The van der Waals surface area contributed by atoms with E-state index >= 15 is 0 Å². The smallest absolute Gasteiger partial charge is 0.241 e. The van der Waals surface area contributed by atoms with Gasteiger partial charge < -0.3 is 16.0 Å². The third-order valence-electron chi connectivity index (χ3n) is 4.65. The summed E-state index contributed by atoms with van der Waals surface area (Å²) in [5.74, 6) is 0.600. The average molecular weight is 338 g/mol. The van der Waals surface area contributed by atoms with E-state index in [1.165, 1.54) is 32.6 Å². The average Bonchev–Trinajstić information content (AvgIpc) is 2.93. The van der Waals surface area contributed by atoms with Crippen molar-refractivity contribution in [2.24, 2.45) is 5.92 Å². The Balaban J connectivity index is 0.00000192. The number of anilines is 2. The summed E-state index contributed by atoms with van der Waals surface area (Å²) in [5.41, 5.74) is 1.49. The van der Waals surface area contributed by atoms with Crippen LogP contribution in [0, 0.1) is 5.92 Å². The molecular weight excluding hydrogens is 314 g/mol. The molecule has 1 aromatic carbocycles. The zero-order valence-electron chi connectivity index (χ0n) is 13.3. The summed E-state index contributed by atoms with van der Waals surface area (Å²) in [6.45, 7) is 1.47. The summed E-state index contributed by atoms with van der Waals surface area (Å²) in [6.07, 6.45) is 5.95. The Bertz CT molecular complexity index is 547. The van der Waals surface area contributed by atoms with Crippen molar-refractivity contribution in [1.82, 2.24) is 5.32 Å². The molecule has 2 fully saturated rings. The first-order valence-corrected chi connectivity index (χ1v) is 8.06. The maximum Gasteiger partial charge on any atom is 0.241 e. The Hall–Kier alpha value is -1.59. The fraction of sp³-hybridized carbons (Fsp3) is 0.529. The summed E-state index contributed by atoms with van der Waals surface area (Å²) in [7, 11) is 0. The van der Waals surface area contributed by atoms with Gasteiger partial charge in [-0.1, -0.05) is 12.8 Å². The molecule has 6 heteroatoms. The highest BCUT2D eigenvalue weighted by molar-refractivity contribution is 5.95. The van der Waals surface area contributed by atoms with Gasteiger partial charge >= 0.3 is 0 Å². The number of carbonyl (C=O) groups excluding carboxylic acids is 2. The van der Waals surface area contributed by atoms with Crippen molar-refractivity contribution in [2.45, 2.75) is 51.1 Å². The number of carbonyl (C=O) groups is 2. The Morgan fingerprint density at radius 3 is 2.26 bits per heavy atom. The summed E-state index contributed by atoms with van der Waals surface area (Å²) in [4.78, 5) is 23.4. The standard InChI is InChI=1S/C17H23N3O2.ClH/c1-11(21)18-13-6-8-14(9-7-13)19-17(22)16-10-12-4-2-3-5-15(12)20-16;/h6-9,12,15-16,20H,2-5,10H2,1H3,(H,18,21)(H,19,22);1H. The van der Waals surface area contributed by atoms with Crippen molar-refractivity contribution >= 4 is 35.6 Å². The van der Waals surface area contributed by atoms with Crippen molar-refractivity contribution in [3.05, 3.63) is 24.3 Å². The molecule has 3 unspecified atom stereocenters. The number of halogens is 1. The Morgan fingerprint density at radius 1 is 1.04 bits per heavy atom. The van der Waals surface area contributed by atoms with Gasteiger partial charge in [0, 0.05) is 24.3 Å². The molecule has 1 saturated heterocycles. The molecular formula is C17H24ClN3O2. The van der Waals surface area contributed by atoms with E-state index in [0.29, 0.717) is 12.0 Å². The van der Waals surface area contributed by atoms with Gasteiger partial charge in [0.15, 0.2) is 0 Å². The summed E-state index contributed by atoms with van der Waals surface area (Å²) >= 11 is 0. The molecule has 3 N–H and O–H groups in total. The van der Waals surface area contributed by atoms with E-state index in [9.17, 15) is 9.59 Å². The molecule has 2 aliphatic rings. The predicted octanol–water partition coefficient (Wildman–Crippen LogP) is 2.93. The van der Waals surface area contributed by atoms with Gasteiger partial charge in [-0.15, -0.1) is 12.4 Å². The number of nitrogens with one attached hydrogen (secondary N) is 3. The molecule has 3 atom stereocenters. The second-order valence-electron chi connectivity index (χ2n) is 6.35. The molecule has 0 radical (unpaired) electrons. The minimum atomic E-state index is -0.102. The van der Waals surface area contributed by atoms with Crippen LogP contribution in [-0.4, -0.2) is 23.9 Å². The molecule has 0 bridgehead atoms. The van der Waals surface area contributed by atoms with Gasteiger partial charge in [0.25, 0.3) is 0 Å². The van der Waals surface area contributed by atoms with Crippen LogP contribution in [0.4, 0.5) is 11.4 Å². The van der Waals surface area contributed by atoms with E-state index in [1.807, 2.05) is 12.1 Å². The second kappa shape index (κ2) is 7.79. The van der Waals surface area contributed by atoms with Crippen molar-refractivity contribution in [1.29, 1.82) is 0 Å². The van der Waals surface area contributed by atoms with Crippen molar-refractivity contribution in [3.63, 3.8) is 0 Å². The lowest BCUT2D eigenvalue weighted by atomic mass is 9.85. The van der Waals surface area contributed by atoms with Gasteiger partial charge in [-0.25, -0.2) is 0 Å². The van der Waals surface area contributed by atoms with E-state index in [-0.39, 0.29) is 30.3 Å². The van der Waals surface area contributed by atoms with Crippen LogP contribution in [0.5, 0.6) is 0 Å². The number of fused-ring (bicyclic) bond motifs is 1. The highest BCUT2D eigenvalue weighted by atomic mass is 35.5. The van der Waals surface area contributed by atoms with E-state index in [2.05, 4.69) is 16.0 Å². The van der Waals surface area contributed by atoms with Gasteiger partial charge in [0.2, 0.25) is 11.8 Å². The zero-order chi connectivity index (χ0) is 15.5. The fourth-order valence-electron chi connectivity index (χ4n) is 3.59. The third kappa shape index (κ3) is 4.45. The number of hydrogen-bond acceptors (Lipinski definition) is 3. The normalized spacial score (nSPS) is 25.9. The first kappa shape index (κ1) is 17.8. The van der Waals surface area contributed by atoms with Gasteiger partial charge in [-0.05, 0) is 49.4 Å². The van der Waals surface area contributed by atoms with Crippen LogP contribution in [0.25, 0.3) is 0 Å². The van der Waals surface area contributed by atoms with Gasteiger partial charge in [-0.3, -0.25) is 9.59 Å². The molecule has 5 nitrogen and oxygen atoms in total. The molecule has 2 amide bonds. The number of hydrogen-bond donors (Lipinski definition) is 3. The van der Waals surface area contributed by atoms with Crippen LogP contribution in [0.15, 0.2) is 24.3 Å². The number of amides is 2. The SMILES string of the molecule is CC(=O)Nc1ccc(NC(=O)C2CC3CCCCC3N2)cc1.Cl. The molecule has 1 aromatic rings. The quantitative estimate of drug-likeness (QED) is 0.794. The molecule has 1 saturated carbocycles. The number of rotatable bonds is 3. The maximum atomic E-state index is 12.4. The minimum Gasteiger partial charge on any atom is -0.326 e. The Labute approximate surface area is 143 Å². The highest BCUT2D eigenvalue weighted by Gasteiger charge is 2.38. The van der Waals surface area contributed by atoms with Crippen LogP contribution >= 0.6 is 12.4 Å². The zero-order valence-corrected chi connectivity index (χ0v) is 14.1. The molecule has 3 rings (SSSR count). The van der Waals surface area contributed by atoms with Gasteiger partial charge in [-0.2, -0.15) is 0 Å². The highest BCUT2D eigenvalue weighted by Crippen LogP contribution is 2.33. The lowest BCUT2D eigenvalue weighted by Crippen LogP contribution is -2.39. The first-order valence-electron chi connectivity index (χ1n) is 8.06. The second-order valence-corrected chi connectivity index (χ2v) is 6.35. The molecule has 126 valence electrons. The molecule has 0 aromatic heterocycles. The van der Waals surface area contributed by atoms with Crippen LogP contribution in [0.2, 0.25) is 0 Å². The van der Waals surface area contributed by atoms with E-state index in [1.54, 1.807) is 12.1 Å². The minimum absolute atomic E-state index is 0. The van der Waals surface area contributed by atoms with Crippen LogP contribution in [0.3, 0.4) is 0 Å². The third-order valence-corrected chi connectivity index (χ3v) is 4.65. The van der Waals surface area contributed by atoms with Crippen LogP contribution in [0.1, 0.15) is 39.0 Å². The topological polar surface area (TPSA) is 70.2 Å². The summed E-state index contributed by atoms with van der Waals surface area (Å²) < 4.78 is 0. The molecule has 1 aliphatic heterocycles. The summed E-state index contributed by atoms with van der Waals surface area (Å²) in [6, 6.07) is 7.64. The molecule has 1 heterocycles. The van der Waals surface area contributed by atoms with Crippen molar-refractivity contribution in [2.75, 3.05) is 10.6 Å². The fourth-order valence-corrected chi connectivity index (χ4v) is 3.59. The van der Waals surface area contributed by atoms with Crippen molar-refractivity contribution in [3.8, 4) is 0 Å². The molecule has 1 aliphatic carbocycles. The lowest BCUT2D eigenvalue weighted by molar-refractivity contribution is -0.118. The van der Waals surface area contributed by atoms with Crippen LogP contribution < -0.4 is 16.0 Å². The Morgan fingerprint density at radius 2 is 1.65 bits per heavy atom. The monoisotopic (exact) mass is 337 g/mol. The van der Waals surface area contributed by atoms with Gasteiger partial charge in [0.1, 0.15) is 0 Å². The van der Waals surface area contributed by atoms with Gasteiger partial charge in [0.05, 0.1) is 6.04 Å². The van der Waals surface area contributed by atoms with E-state index in [4.69, 9.17) is 0 Å². The molecule has 23 heavy (non-hydrogen) atoms. The largest absolute Gasteiger partial charge is 0.326 e. The van der Waals surface area contributed by atoms with E-state index < -0.39 is 0 Å². The predicted molar refractivity (Wildman–Crippen MR) is 93.9 cm³/mol. The van der Waals surface area contributed by atoms with E-state index in [0.717, 1.165) is 17.8 Å².